The van der Waals surface area contributed by atoms with Gasteiger partial charge in [0.2, 0.25) is 0 Å². The molecule has 86 valence electrons. The average Bonchev–Trinajstić information content (AvgIpc) is 3.17. The molecular formula is C13H16O3. The average molecular weight is 220 g/mol. The Labute approximate surface area is 95.3 Å². The normalized spacial score (nSPS) is 22.9. The summed E-state index contributed by atoms with van der Waals surface area (Å²) < 4.78 is 16.5. The van der Waals surface area contributed by atoms with E-state index < -0.39 is 0 Å². The minimum absolute atomic E-state index is 0.288. The van der Waals surface area contributed by atoms with Crippen LogP contribution < -0.4 is 9.47 Å². The largest absolute Gasteiger partial charge is 0.489 e. The Balaban J connectivity index is 1.58. The third-order valence-electron chi connectivity index (χ3n) is 2.85. The first-order valence-electron chi connectivity index (χ1n) is 5.88. The smallest absolute Gasteiger partial charge is 0.161 e. The van der Waals surface area contributed by atoms with Gasteiger partial charge in [-0.25, -0.2) is 0 Å². The number of hydrogen-bond acceptors (Lipinski definition) is 3. The zero-order valence-corrected chi connectivity index (χ0v) is 9.22. The molecule has 3 heteroatoms. The number of benzene rings is 1. The zero-order valence-electron chi connectivity index (χ0n) is 9.22. The lowest BCUT2D eigenvalue weighted by molar-refractivity contribution is 0.237. The molecule has 3 nitrogen and oxygen atoms in total. The van der Waals surface area contributed by atoms with Crippen LogP contribution in [0.25, 0.3) is 0 Å². The number of ether oxygens (including phenoxy) is 3. The zero-order chi connectivity index (χ0) is 10.8. The lowest BCUT2D eigenvalue weighted by atomic mass is 10.3. The van der Waals surface area contributed by atoms with Crippen LogP contribution in [0.3, 0.4) is 0 Å². The van der Waals surface area contributed by atoms with Crippen molar-refractivity contribution in [3.63, 3.8) is 0 Å². The van der Waals surface area contributed by atoms with Crippen LogP contribution in [-0.4, -0.2) is 25.9 Å². The SMILES string of the molecule is c1ccc(OCC2CO2)c(OCC2CC2)c1. The van der Waals surface area contributed by atoms with E-state index in [1.807, 2.05) is 24.3 Å². The molecule has 1 atom stereocenters. The monoisotopic (exact) mass is 220 g/mol. The molecule has 0 aromatic heterocycles. The van der Waals surface area contributed by atoms with Gasteiger partial charge in [-0.05, 0) is 30.9 Å². The van der Waals surface area contributed by atoms with Gasteiger partial charge >= 0.3 is 0 Å². The van der Waals surface area contributed by atoms with E-state index in [9.17, 15) is 0 Å². The van der Waals surface area contributed by atoms with Gasteiger partial charge in [0.1, 0.15) is 12.7 Å². The second kappa shape index (κ2) is 4.34. The van der Waals surface area contributed by atoms with Crippen molar-refractivity contribution in [2.24, 2.45) is 5.92 Å². The predicted octanol–water partition coefficient (Wildman–Crippen LogP) is 2.25. The van der Waals surface area contributed by atoms with Gasteiger partial charge in [0.25, 0.3) is 0 Å². The summed E-state index contributed by atoms with van der Waals surface area (Å²) in [5.41, 5.74) is 0. The summed E-state index contributed by atoms with van der Waals surface area (Å²) >= 11 is 0. The Hall–Kier alpha value is -1.22. The minimum Gasteiger partial charge on any atom is -0.489 e. The molecule has 2 aliphatic rings. The molecule has 0 N–H and O–H groups in total. The number of hydrogen-bond donors (Lipinski definition) is 0. The van der Waals surface area contributed by atoms with Crippen molar-refractivity contribution in [3.8, 4) is 11.5 Å². The predicted molar refractivity (Wildman–Crippen MR) is 59.9 cm³/mol. The van der Waals surface area contributed by atoms with Crippen molar-refractivity contribution < 1.29 is 14.2 Å². The van der Waals surface area contributed by atoms with Crippen LogP contribution in [0.15, 0.2) is 24.3 Å². The van der Waals surface area contributed by atoms with E-state index in [1.54, 1.807) is 0 Å². The molecule has 0 bridgehead atoms. The maximum absolute atomic E-state index is 5.75. The summed E-state index contributed by atoms with van der Waals surface area (Å²) in [7, 11) is 0. The van der Waals surface area contributed by atoms with Gasteiger partial charge in [0.15, 0.2) is 11.5 Å². The molecule has 1 aromatic rings. The summed E-state index contributed by atoms with van der Waals surface area (Å²) in [6, 6.07) is 7.85. The lowest BCUT2D eigenvalue weighted by Gasteiger charge is -2.11. The van der Waals surface area contributed by atoms with Crippen molar-refractivity contribution in [3.05, 3.63) is 24.3 Å². The molecule has 1 saturated heterocycles. The highest BCUT2D eigenvalue weighted by molar-refractivity contribution is 5.39. The fourth-order valence-corrected chi connectivity index (χ4v) is 1.53. The number of para-hydroxylation sites is 2. The van der Waals surface area contributed by atoms with Crippen LogP contribution in [0.2, 0.25) is 0 Å². The molecule has 3 rings (SSSR count). The fourth-order valence-electron chi connectivity index (χ4n) is 1.53. The summed E-state index contributed by atoms with van der Waals surface area (Å²) in [5.74, 6) is 2.45. The molecule has 1 saturated carbocycles. The molecule has 0 radical (unpaired) electrons. The lowest BCUT2D eigenvalue weighted by Crippen LogP contribution is -2.06. The third kappa shape index (κ3) is 2.67. The van der Waals surface area contributed by atoms with Crippen LogP contribution in [0.5, 0.6) is 11.5 Å². The topological polar surface area (TPSA) is 31.0 Å². The molecule has 1 aliphatic carbocycles. The highest BCUT2D eigenvalue weighted by Crippen LogP contribution is 2.32. The molecule has 0 spiro atoms. The van der Waals surface area contributed by atoms with Crippen molar-refractivity contribution in [1.82, 2.24) is 0 Å². The summed E-state index contributed by atoms with van der Waals surface area (Å²) in [4.78, 5) is 0. The molecule has 16 heavy (non-hydrogen) atoms. The van der Waals surface area contributed by atoms with Gasteiger partial charge in [-0.2, -0.15) is 0 Å². The second-order valence-electron chi connectivity index (χ2n) is 4.47. The van der Waals surface area contributed by atoms with Crippen molar-refractivity contribution >= 4 is 0 Å². The maximum atomic E-state index is 5.75. The Morgan fingerprint density at radius 3 is 2.25 bits per heavy atom. The van der Waals surface area contributed by atoms with E-state index >= 15 is 0 Å². The van der Waals surface area contributed by atoms with E-state index in [1.165, 1.54) is 12.8 Å². The minimum atomic E-state index is 0.288. The molecule has 1 unspecified atom stereocenters. The maximum Gasteiger partial charge on any atom is 0.161 e. The van der Waals surface area contributed by atoms with Crippen LogP contribution in [0.4, 0.5) is 0 Å². The molecule has 0 amide bonds. The highest BCUT2D eigenvalue weighted by Gasteiger charge is 2.24. The summed E-state index contributed by atoms with van der Waals surface area (Å²) in [6.07, 6.45) is 2.90. The van der Waals surface area contributed by atoms with Gasteiger partial charge in [-0.3, -0.25) is 0 Å². The van der Waals surface area contributed by atoms with Crippen LogP contribution >= 0.6 is 0 Å². The summed E-state index contributed by atoms with van der Waals surface area (Å²) in [5, 5.41) is 0. The molecule has 1 heterocycles. The van der Waals surface area contributed by atoms with Crippen molar-refractivity contribution in [2.75, 3.05) is 19.8 Å². The molecule has 2 fully saturated rings. The van der Waals surface area contributed by atoms with Crippen molar-refractivity contribution in [2.45, 2.75) is 18.9 Å². The van der Waals surface area contributed by atoms with Crippen molar-refractivity contribution in [1.29, 1.82) is 0 Å². The van der Waals surface area contributed by atoms with Gasteiger partial charge < -0.3 is 14.2 Å². The first-order valence-corrected chi connectivity index (χ1v) is 5.88. The standard InChI is InChI=1S/C13H16O3/c1-2-4-13(16-9-11-8-14-11)12(3-1)15-7-10-5-6-10/h1-4,10-11H,5-9H2. The van der Waals surface area contributed by atoms with E-state index in [0.717, 1.165) is 30.6 Å². The fraction of sp³-hybridized carbons (Fsp3) is 0.538. The van der Waals surface area contributed by atoms with Gasteiger partial charge in [-0.15, -0.1) is 0 Å². The number of epoxide rings is 1. The second-order valence-corrected chi connectivity index (χ2v) is 4.47. The van der Waals surface area contributed by atoms with E-state index in [-0.39, 0.29) is 6.10 Å². The number of rotatable bonds is 6. The van der Waals surface area contributed by atoms with Crippen LogP contribution in [0, 0.1) is 5.92 Å². The van der Waals surface area contributed by atoms with Crippen LogP contribution in [0.1, 0.15) is 12.8 Å². The first kappa shape index (κ1) is 9.97. The van der Waals surface area contributed by atoms with Gasteiger partial charge in [0, 0.05) is 0 Å². The Morgan fingerprint density at radius 2 is 1.69 bits per heavy atom. The van der Waals surface area contributed by atoms with E-state index in [2.05, 4.69) is 0 Å². The Morgan fingerprint density at radius 1 is 1.06 bits per heavy atom. The molecular weight excluding hydrogens is 204 g/mol. The third-order valence-corrected chi connectivity index (χ3v) is 2.85. The molecule has 1 aliphatic heterocycles. The van der Waals surface area contributed by atoms with E-state index in [4.69, 9.17) is 14.2 Å². The summed E-state index contributed by atoms with van der Waals surface area (Å²) in [6.45, 7) is 2.27. The van der Waals surface area contributed by atoms with Gasteiger partial charge in [-0.1, -0.05) is 12.1 Å². The first-order chi connectivity index (χ1) is 7.92. The van der Waals surface area contributed by atoms with Crippen LogP contribution in [-0.2, 0) is 4.74 Å². The van der Waals surface area contributed by atoms with Gasteiger partial charge in [0.05, 0.1) is 13.2 Å². The quantitative estimate of drug-likeness (QED) is 0.689. The Kier molecular flexibility index (Phi) is 2.70. The van der Waals surface area contributed by atoms with E-state index in [0.29, 0.717) is 6.61 Å². The molecule has 1 aromatic carbocycles. The highest BCUT2D eigenvalue weighted by atomic mass is 16.6. The Bertz CT molecular complexity index is 321.